The molecular formula is C5H4F6O. The van der Waals surface area contributed by atoms with Crippen LogP contribution in [0, 0.1) is 0 Å². The summed E-state index contributed by atoms with van der Waals surface area (Å²) in [6.07, 6.45) is -11.8. The molecule has 0 aromatic heterocycles. The normalized spacial score (nSPS) is 23.5. The van der Waals surface area contributed by atoms with E-state index in [4.69, 9.17) is 0 Å². The van der Waals surface area contributed by atoms with Crippen molar-refractivity contribution in [2.45, 2.75) is 24.4 Å². The summed E-state index contributed by atoms with van der Waals surface area (Å²) in [5.41, 5.74) is -3.90. The highest BCUT2D eigenvalue weighted by Crippen LogP contribution is 2.52. The Hall–Kier alpha value is -0.460. The number of halogens is 6. The Morgan fingerprint density at radius 3 is 1.25 bits per heavy atom. The fraction of sp³-hybridized carbons (Fsp3) is 1.00. The predicted molar refractivity (Wildman–Crippen MR) is 25.4 cm³/mol. The summed E-state index contributed by atoms with van der Waals surface area (Å²) in [6, 6.07) is 0. The predicted octanol–water partition coefficient (Wildman–Crippen LogP) is 2.27. The largest absolute Gasteiger partial charge is 0.426 e. The lowest BCUT2D eigenvalue weighted by Crippen LogP contribution is -2.64. The third-order valence-corrected chi connectivity index (χ3v) is 1.72. The zero-order valence-electron chi connectivity index (χ0n) is 5.59. The Balaban J connectivity index is 2.92. The summed E-state index contributed by atoms with van der Waals surface area (Å²) in [5, 5.41) is 0. The molecule has 0 saturated carbocycles. The maximum absolute atomic E-state index is 11.8. The minimum Gasteiger partial charge on any atom is -0.358 e. The highest BCUT2D eigenvalue weighted by Gasteiger charge is 2.75. The van der Waals surface area contributed by atoms with Gasteiger partial charge >= 0.3 is 12.4 Å². The SMILES string of the molecule is FC(F)(F)C1(C(F)(F)F)CCO1. The van der Waals surface area contributed by atoms with E-state index in [1.54, 1.807) is 0 Å². The first-order chi connectivity index (χ1) is 5.21. The van der Waals surface area contributed by atoms with Crippen molar-refractivity contribution in [2.75, 3.05) is 6.61 Å². The molecule has 0 unspecified atom stereocenters. The van der Waals surface area contributed by atoms with Crippen LogP contribution in [0.3, 0.4) is 0 Å². The van der Waals surface area contributed by atoms with E-state index in [9.17, 15) is 26.3 Å². The second-order valence-corrected chi connectivity index (χ2v) is 2.42. The van der Waals surface area contributed by atoms with Crippen molar-refractivity contribution < 1.29 is 31.1 Å². The Morgan fingerprint density at radius 2 is 1.25 bits per heavy atom. The van der Waals surface area contributed by atoms with Crippen molar-refractivity contribution in [2.24, 2.45) is 0 Å². The third kappa shape index (κ3) is 1.07. The maximum Gasteiger partial charge on any atom is 0.426 e. The average Bonchev–Trinajstić information content (AvgIpc) is 1.47. The van der Waals surface area contributed by atoms with Gasteiger partial charge in [0.1, 0.15) is 0 Å². The topological polar surface area (TPSA) is 9.23 Å². The zero-order chi connectivity index (χ0) is 9.62. The minimum atomic E-state index is -5.37. The number of ether oxygens (including phenoxy) is 1. The van der Waals surface area contributed by atoms with Crippen molar-refractivity contribution >= 4 is 0 Å². The molecule has 0 aromatic carbocycles. The van der Waals surface area contributed by atoms with Crippen molar-refractivity contribution in [3.8, 4) is 0 Å². The summed E-state index contributed by atoms with van der Waals surface area (Å²) in [5.74, 6) is 0. The molecule has 0 amide bonds. The molecule has 0 aromatic rings. The number of hydrogen-bond acceptors (Lipinski definition) is 1. The first-order valence-electron chi connectivity index (χ1n) is 2.98. The second-order valence-electron chi connectivity index (χ2n) is 2.42. The van der Waals surface area contributed by atoms with Crippen LogP contribution in [-0.4, -0.2) is 24.6 Å². The van der Waals surface area contributed by atoms with Gasteiger partial charge in [-0.1, -0.05) is 0 Å². The van der Waals surface area contributed by atoms with Gasteiger partial charge in [0.25, 0.3) is 5.60 Å². The summed E-state index contributed by atoms with van der Waals surface area (Å²) < 4.78 is 74.4. The smallest absolute Gasteiger partial charge is 0.358 e. The van der Waals surface area contributed by atoms with Gasteiger partial charge in [-0.3, -0.25) is 0 Å². The fourth-order valence-corrected chi connectivity index (χ4v) is 0.914. The van der Waals surface area contributed by atoms with Gasteiger partial charge in [-0.2, -0.15) is 26.3 Å². The highest BCUT2D eigenvalue weighted by molar-refractivity contribution is 5.00. The minimum absolute atomic E-state index is 0.501. The highest BCUT2D eigenvalue weighted by atomic mass is 19.4. The van der Waals surface area contributed by atoms with Gasteiger partial charge in [-0.05, 0) is 0 Å². The Labute approximate surface area is 63.3 Å². The second kappa shape index (κ2) is 2.27. The van der Waals surface area contributed by atoms with Crippen molar-refractivity contribution in [3.63, 3.8) is 0 Å². The summed E-state index contributed by atoms with van der Waals surface area (Å²) >= 11 is 0. The molecule has 0 spiro atoms. The van der Waals surface area contributed by atoms with Crippen LogP contribution in [0.15, 0.2) is 0 Å². The van der Waals surface area contributed by atoms with Gasteiger partial charge in [0, 0.05) is 6.42 Å². The standard InChI is InChI=1S/C5H4F6O/c6-4(7,8)3(1-2-12-3)5(9,10)11/h1-2H2. The molecule has 7 heteroatoms. The molecule has 1 rings (SSSR count). The van der Waals surface area contributed by atoms with Crippen LogP contribution in [0.2, 0.25) is 0 Å². The first kappa shape index (κ1) is 9.63. The van der Waals surface area contributed by atoms with E-state index in [1.165, 1.54) is 0 Å². The van der Waals surface area contributed by atoms with E-state index < -0.39 is 31.0 Å². The van der Waals surface area contributed by atoms with Gasteiger partial charge in [-0.15, -0.1) is 0 Å². The Morgan fingerprint density at radius 1 is 0.917 bits per heavy atom. The molecular weight excluding hydrogens is 190 g/mol. The summed E-state index contributed by atoms with van der Waals surface area (Å²) in [6.45, 7) is -0.501. The fourth-order valence-electron chi connectivity index (χ4n) is 0.914. The van der Waals surface area contributed by atoms with Gasteiger partial charge < -0.3 is 4.74 Å². The number of rotatable bonds is 0. The van der Waals surface area contributed by atoms with E-state index in [0.717, 1.165) is 0 Å². The van der Waals surface area contributed by atoms with Crippen LogP contribution < -0.4 is 0 Å². The monoisotopic (exact) mass is 194 g/mol. The molecule has 1 heterocycles. The van der Waals surface area contributed by atoms with Gasteiger partial charge in [0.15, 0.2) is 0 Å². The van der Waals surface area contributed by atoms with Gasteiger partial charge in [0.05, 0.1) is 6.61 Å². The molecule has 0 aliphatic carbocycles. The van der Waals surface area contributed by atoms with E-state index >= 15 is 0 Å². The lowest BCUT2D eigenvalue weighted by atomic mass is 9.93. The lowest BCUT2D eigenvalue weighted by molar-refractivity contribution is -0.419. The Kier molecular flexibility index (Phi) is 1.82. The van der Waals surface area contributed by atoms with Crippen LogP contribution in [0.25, 0.3) is 0 Å². The molecule has 1 nitrogen and oxygen atoms in total. The molecule has 0 bridgehead atoms. The van der Waals surface area contributed by atoms with Crippen LogP contribution in [-0.2, 0) is 4.74 Å². The number of hydrogen-bond donors (Lipinski definition) is 0. The molecule has 1 aliphatic rings. The molecule has 1 aliphatic heterocycles. The van der Waals surface area contributed by atoms with Gasteiger partial charge in [0.2, 0.25) is 0 Å². The van der Waals surface area contributed by atoms with Crippen molar-refractivity contribution in [1.82, 2.24) is 0 Å². The number of alkyl halides is 6. The maximum atomic E-state index is 11.8. The van der Waals surface area contributed by atoms with E-state index in [-0.39, 0.29) is 0 Å². The van der Waals surface area contributed by atoms with Crippen LogP contribution in [0.4, 0.5) is 26.3 Å². The quantitative estimate of drug-likeness (QED) is 0.537. The molecule has 72 valence electrons. The molecule has 1 fully saturated rings. The molecule has 0 radical (unpaired) electrons. The summed E-state index contributed by atoms with van der Waals surface area (Å²) in [7, 11) is 0. The molecule has 1 saturated heterocycles. The first-order valence-corrected chi connectivity index (χ1v) is 2.98. The lowest BCUT2D eigenvalue weighted by Gasteiger charge is -2.43. The van der Waals surface area contributed by atoms with E-state index in [0.29, 0.717) is 0 Å². The van der Waals surface area contributed by atoms with Crippen LogP contribution >= 0.6 is 0 Å². The van der Waals surface area contributed by atoms with E-state index in [1.807, 2.05) is 0 Å². The van der Waals surface area contributed by atoms with Crippen LogP contribution in [0.5, 0.6) is 0 Å². The summed E-state index contributed by atoms with van der Waals surface area (Å²) in [4.78, 5) is 0. The van der Waals surface area contributed by atoms with Crippen LogP contribution in [0.1, 0.15) is 6.42 Å². The van der Waals surface area contributed by atoms with Gasteiger partial charge in [-0.25, -0.2) is 0 Å². The molecule has 0 atom stereocenters. The van der Waals surface area contributed by atoms with E-state index in [2.05, 4.69) is 4.74 Å². The third-order valence-electron chi connectivity index (χ3n) is 1.72. The average molecular weight is 194 g/mol. The molecule has 12 heavy (non-hydrogen) atoms. The van der Waals surface area contributed by atoms with Crippen molar-refractivity contribution in [1.29, 1.82) is 0 Å². The Bertz CT molecular complexity index is 159. The van der Waals surface area contributed by atoms with Crippen molar-refractivity contribution in [3.05, 3.63) is 0 Å². The zero-order valence-corrected chi connectivity index (χ0v) is 5.59. The molecule has 0 N–H and O–H groups in total.